The Morgan fingerprint density at radius 2 is 1.68 bits per heavy atom. The molecule has 0 unspecified atom stereocenters. The molecule has 37 heavy (non-hydrogen) atoms. The Kier molecular flexibility index (Phi) is 6.43. The van der Waals surface area contributed by atoms with Crippen molar-refractivity contribution in [3.8, 4) is 11.1 Å². The van der Waals surface area contributed by atoms with E-state index in [1.165, 1.54) is 4.90 Å². The highest BCUT2D eigenvalue weighted by Gasteiger charge is 2.32. The van der Waals surface area contributed by atoms with Crippen molar-refractivity contribution in [1.82, 2.24) is 25.0 Å². The summed E-state index contributed by atoms with van der Waals surface area (Å²) in [6, 6.07) is 21.5. The lowest BCUT2D eigenvalue weighted by Gasteiger charge is -2.32. The topological polar surface area (TPSA) is 99.4 Å². The molecule has 9 heteroatoms. The highest BCUT2D eigenvalue weighted by molar-refractivity contribution is 6.00. The number of benzene rings is 2. The molecule has 0 spiro atoms. The Labute approximate surface area is 214 Å². The van der Waals surface area contributed by atoms with Crippen LogP contribution < -0.4 is 4.84 Å². The van der Waals surface area contributed by atoms with E-state index in [1.807, 2.05) is 75.4 Å². The van der Waals surface area contributed by atoms with Crippen molar-refractivity contribution in [1.29, 1.82) is 0 Å². The number of carbonyl (C=O) groups excluding carboxylic acids is 2. The lowest BCUT2D eigenvalue weighted by molar-refractivity contribution is -0.141. The second-order valence-corrected chi connectivity index (χ2v) is 9.74. The van der Waals surface area contributed by atoms with E-state index >= 15 is 0 Å². The summed E-state index contributed by atoms with van der Waals surface area (Å²) in [5, 5.41) is 7.91. The average molecular weight is 498 g/mol. The third-order valence-corrected chi connectivity index (χ3v) is 5.91. The summed E-state index contributed by atoms with van der Waals surface area (Å²) in [6.07, 6.45) is 1.54. The van der Waals surface area contributed by atoms with Gasteiger partial charge in [0.15, 0.2) is 0 Å². The first-order valence-electron chi connectivity index (χ1n) is 12.0. The van der Waals surface area contributed by atoms with Crippen molar-refractivity contribution < 1.29 is 19.2 Å². The molecular weight excluding hydrogens is 470 g/mol. The predicted molar refractivity (Wildman–Crippen MR) is 138 cm³/mol. The number of hydrogen-bond donors (Lipinski definition) is 0. The van der Waals surface area contributed by atoms with E-state index in [0.29, 0.717) is 29.7 Å². The van der Waals surface area contributed by atoms with Crippen molar-refractivity contribution in [3.05, 3.63) is 84.1 Å². The van der Waals surface area contributed by atoms with E-state index in [1.54, 1.807) is 18.3 Å². The van der Waals surface area contributed by atoms with Gasteiger partial charge in [-0.05, 0) is 77.7 Å². The molecule has 1 aliphatic rings. The zero-order valence-corrected chi connectivity index (χ0v) is 20.9. The molecule has 1 aliphatic heterocycles. The Balaban J connectivity index is 1.52. The molecule has 0 saturated carbocycles. The van der Waals surface area contributed by atoms with Gasteiger partial charge in [-0.3, -0.25) is 0 Å². The average Bonchev–Trinajstić information content (AvgIpc) is 3.30. The van der Waals surface area contributed by atoms with Crippen LogP contribution in [0.4, 0.5) is 4.79 Å². The minimum absolute atomic E-state index is 0.0404. The molecule has 0 atom stereocenters. The zero-order valence-electron chi connectivity index (χ0n) is 20.9. The van der Waals surface area contributed by atoms with Crippen LogP contribution in [0.3, 0.4) is 0 Å². The molecule has 0 saturated heterocycles. The fourth-order valence-corrected chi connectivity index (χ4v) is 4.21. The summed E-state index contributed by atoms with van der Waals surface area (Å²) < 4.78 is 5.56. The van der Waals surface area contributed by atoms with Gasteiger partial charge in [0.25, 0.3) is 0 Å². The smallest absolute Gasteiger partial charge is 0.410 e. The number of fused-ring (bicyclic) bond motifs is 1. The number of carbonyl (C=O) groups is 2. The van der Waals surface area contributed by atoms with Crippen molar-refractivity contribution in [2.75, 3.05) is 13.1 Å². The minimum atomic E-state index is -0.656. The summed E-state index contributed by atoms with van der Waals surface area (Å²) in [5.74, 6) is -0.633. The third-order valence-electron chi connectivity index (χ3n) is 5.91. The molecule has 0 N–H and O–H groups in total. The number of nitrogens with zero attached hydrogens (tertiary/aromatic N) is 5. The number of hydrogen-bond acceptors (Lipinski definition) is 7. The molecule has 2 aromatic heterocycles. The number of amides is 1. The van der Waals surface area contributed by atoms with Gasteiger partial charge in [0, 0.05) is 12.7 Å². The van der Waals surface area contributed by atoms with E-state index in [2.05, 4.69) is 15.3 Å². The predicted octanol–water partition coefficient (Wildman–Crippen LogP) is 4.54. The van der Waals surface area contributed by atoms with E-state index in [-0.39, 0.29) is 6.54 Å². The number of ether oxygens (including phenoxy) is 1. The molecule has 188 valence electrons. The molecule has 2 aromatic carbocycles. The summed E-state index contributed by atoms with van der Waals surface area (Å²) in [7, 11) is 0. The van der Waals surface area contributed by atoms with Crippen LogP contribution in [0.2, 0.25) is 0 Å². The molecular formula is C28H27N5O4. The minimum Gasteiger partial charge on any atom is -0.444 e. The quantitative estimate of drug-likeness (QED) is 0.382. The summed E-state index contributed by atoms with van der Waals surface area (Å²) in [6.45, 7) is 5.87. The van der Waals surface area contributed by atoms with Crippen LogP contribution in [-0.4, -0.2) is 55.8 Å². The van der Waals surface area contributed by atoms with Crippen molar-refractivity contribution in [2.24, 2.45) is 0 Å². The van der Waals surface area contributed by atoms with Crippen LogP contribution in [-0.2, 0) is 9.53 Å². The summed E-state index contributed by atoms with van der Waals surface area (Å²) >= 11 is 0. The zero-order chi connectivity index (χ0) is 26.0. The van der Waals surface area contributed by atoms with E-state index in [0.717, 1.165) is 27.1 Å². The van der Waals surface area contributed by atoms with Gasteiger partial charge in [0.1, 0.15) is 11.1 Å². The molecule has 0 aliphatic carbocycles. The molecule has 3 heterocycles. The first-order valence-corrected chi connectivity index (χ1v) is 12.0. The van der Waals surface area contributed by atoms with Gasteiger partial charge >= 0.3 is 12.1 Å². The largest absolute Gasteiger partial charge is 0.444 e. The summed E-state index contributed by atoms with van der Waals surface area (Å²) in [4.78, 5) is 38.7. The second kappa shape index (κ2) is 9.85. The second-order valence-electron chi connectivity index (χ2n) is 9.74. The van der Waals surface area contributed by atoms with Crippen LogP contribution in [0, 0.1) is 0 Å². The maximum absolute atomic E-state index is 13.5. The normalized spacial score (nSPS) is 14.1. The van der Waals surface area contributed by atoms with Crippen LogP contribution in [0.25, 0.3) is 27.9 Å². The maximum atomic E-state index is 13.5. The molecule has 0 bridgehead atoms. The van der Waals surface area contributed by atoms with Crippen LogP contribution in [0.5, 0.6) is 0 Å². The Morgan fingerprint density at radius 1 is 0.919 bits per heavy atom. The molecule has 0 fully saturated rings. The van der Waals surface area contributed by atoms with Gasteiger partial charge in [0.05, 0.1) is 12.1 Å². The number of rotatable bonds is 4. The lowest BCUT2D eigenvalue weighted by atomic mass is 9.91. The highest BCUT2D eigenvalue weighted by atomic mass is 16.7. The maximum Gasteiger partial charge on any atom is 0.410 e. The van der Waals surface area contributed by atoms with Gasteiger partial charge in [0.2, 0.25) is 5.65 Å². The third kappa shape index (κ3) is 5.35. The molecule has 4 aromatic rings. The Hall–Kier alpha value is -4.53. The van der Waals surface area contributed by atoms with Crippen LogP contribution >= 0.6 is 0 Å². The van der Waals surface area contributed by atoms with E-state index < -0.39 is 17.7 Å². The SMILES string of the molecule is CC(C)(C)OC(=O)N1CCC(c2cccc(-c3ccccc3)c2)=C(C(=O)On2nnc3cccnc32)C1. The van der Waals surface area contributed by atoms with E-state index in [9.17, 15) is 9.59 Å². The highest BCUT2D eigenvalue weighted by Crippen LogP contribution is 2.31. The molecule has 5 rings (SSSR count). The van der Waals surface area contributed by atoms with Crippen LogP contribution in [0.1, 0.15) is 32.8 Å². The van der Waals surface area contributed by atoms with Crippen molar-refractivity contribution >= 4 is 28.8 Å². The van der Waals surface area contributed by atoms with Gasteiger partial charge in [-0.25, -0.2) is 14.6 Å². The monoisotopic (exact) mass is 497 g/mol. The fraction of sp³-hybridized carbons (Fsp3) is 0.250. The Bertz CT molecular complexity index is 1490. The summed E-state index contributed by atoms with van der Waals surface area (Å²) in [5.41, 5.74) is 4.31. The van der Waals surface area contributed by atoms with E-state index in [4.69, 9.17) is 9.57 Å². The number of pyridine rings is 1. The van der Waals surface area contributed by atoms with Gasteiger partial charge in [-0.15, -0.1) is 5.10 Å². The van der Waals surface area contributed by atoms with Gasteiger partial charge in [-0.1, -0.05) is 48.5 Å². The van der Waals surface area contributed by atoms with Gasteiger partial charge in [-0.2, -0.15) is 0 Å². The van der Waals surface area contributed by atoms with Gasteiger partial charge < -0.3 is 14.5 Å². The first kappa shape index (κ1) is 24.2. The molecule has 0 radical (unpaired) electrons. The lowest BCUT2D eigenvalue weighted by Crippen LogP contribution is -2.42. The van der Waals surface area contributed by atoms with Crippen LogP contribution in [0.15, 0.2) is 78.5 Å². The first-order chi connectivity index (χ1) is 17.8. The van der Waals surface area contributed by atoms with Crippen molar-refractivity contribution in [3.63, 3.8) is 0 Å². The number of aromatic nitrogens is 4. The standard InChI is InChI=1S/C28H27N5O4/c1-28(2,3)36-27(35)32-16-14-22(21-12-7-11-20(17-21)19-9-5-4-6-10-19)23(18-32)26(34)37-33-25-24(30-31-33)13-8-15-29-25/h4-13,15,17H,14,16,18H2,1-3H3. The molecule has 9 nitrogen and oxygen atoms in total. The van der Waals surface area contributed by atoms with Crippen molar-refractivity contribution in [2.45, 2.75) is 32.8 Å². The fourth-order valence-electron chi connectivity index (χ4n) is 4.21. The Morgan fingerprint density at radius 3 is 2.46 bits per heavy atom. The molecule has 1 amide bonds.